The first kappa shape index (κ1) is 17.9. The minimum Gasteiger partial charge on any atom is -0.440 e. The fourth-order valence-corrected chi connectivity index (χ4v) is 3.79. The number of halogens is 5. The second-order valence-corrected chi connectivity index (χ2v) is 7.80. The summed E-state index contributed by atoms with van der Waals surface area (Å²) in [7, 11) is 0. The second kappa shape index (κ2) is 6.61. The predicted molar refractivity (Wildman–Crippen MR) is 104 cm³/mol. The van der Waals surface area contributed by atoms with Crippen LogP contribution < -0.4 is 9.47 Å². The van der Waals surface area contributed by atoms with Crippen molar-refractivity contribution in [3.05, 3.63) is 91.1 Å². The van der Waals surface area contributed by atoms with Crippen molar-refractivity contribution in [1.82, 2.24) is 0 Å². The van der Waals surface area contributed by atoms with E-state index in [-0.39, 0.29) is 10.2 Å². The van der Waals surface area contributed by atoms with Gasteiger partial charge < -0.3 is 9.47 Å². The number of fused-ring (bicyclic) bond motifs is 1. The summed E-state index contributed by atoms with van der Waals surface area (Å²) in [4.78, 5) is 0. The molecule has 1 unspecified atom stereocenters. The lowest BCUT2D eigenvalue weighted by molar-refractivity contribution is -0.0458. The highest BCUT2D eigenvalue weighted by Crippen LogP contribution is 2.50. The van der Waals surface area contributed by atoms with Gasteiger partial charge in [0.25, 0.3) is 0 Å². The van der Waals surface area contributed by atoms with Crippen molar-refractivity contribution in [3.63, 3.8) is 0 Å². The molecular weight excluding hydrogens is 465 g/mol. The minimum absolute atomic E-state index is 0.270. The first-order chi connectivity index (χ1) is 12.4. The van der Waals surface area contributed by atoms with E-state index < -0.39 is 11.6 Å². The summed E-state index contributed by atoms with van der Waals surface area (Å²) in [6.45, 7) is 0. The molecule has 3 aromatic rings. The van der Waals surface area contributed by atoms with Crippen LogP contribution in [0.5, 0.6) is 11.5 Å². The SMILES string of the molecule is Fc1cc2c(cc1Br)OC(c1ccc(Cl)cc1)(c1ccc(Cl)cc1Cl)O2. The van der Waals surface area contributed by atoms with E-state index in [1.165, 1.54) is 12.1 Å². The van der Waals surface area contributed by atoms with Crippen molar-refractivity contribution in [2.24, 2.45) is 0 Å². The van der Waals surface area contributed by atoms with Crippen LogP contribution in [0.25, 0.3) is 0 Å². The van der Waals surface area contributed by atoms with E-state index in [1.807, 2.05) is 0 Å². The molecule has 0 fully saturated rings. The molecule has 0 radical (unpaired) electrons. The second-order valence-electron chi connectivity index (χ2n) is 5.66. The molecule has 1 aliphatic heterocycles. The maximum atomic E-state index is 14.0. The molecule has 0 amide bonds. The molecule has 26 heavy (non-hydrogen) atoms. The fourth-order valence-electron chi connectivity index (χ4n) is 2.81. The van der Waals surface area contributed by atoms with Crippen LogP contribution in [0.15, 0.2) is 59.1 Å². The van der Waals surface area contributed by atoms with Gasteiger partial charge >= 0.3 is 5.79 Å². The number of ether oxygens (including phenoxy) is 2. The zero-order valence-electron chi connectivity index (χ0n) is 12.9. The first-order valence-corrected chi connectivity index (χ1v) is 9.40. The van der Waals surface area contributed by atoms with Gasteiger partial charge in [0.2, 0.25) is 0 Å². The van der Waals surface area contributed by atoms with Gasteiger partial charge in [-0.1, -0.05) is 34.8 Å². The Hall–Kier alpha value is -1.46. The molecule has 0 saturated carbocycles. The predicted octanol–water partition coefficient (Wildman–Crippen LogP) is 7.22. The number of hydrogen-bond acceptors (Lipinski definition) is 2. The van der Waals surface area contributed by atoms with Crippen LogP contribution in [0.1, 0.15) is 11.1 Å². The molecular formula is C19H9BrCl3FO2. The van der Waals surface area contributed by atoms with Crippen LogP contribution in [0.4, 0.5) is 4.39 Å². The molecule has 0 saturated heterocycles. The minimum atomic E-state index is -1.39. The van der Waals surface area contributed by atoms with Gasteiger partial charge in [0.05, 0.1) is 15.1 Å². The van der Waals surface area contributed by atoms with Gasteiger partial charge in [0.1, 0.15) is 5.82 Å². The van der Waals surface area contributed by atoms with Crippen molar-refractivity contribution < 1.29 is 13.9 Å². The van der Waals surface area contributed by atoms with E-state index in [1.54, 1.807) is 42.5 Å². The lowest BCUT2D eigenvalue weighted by atomic mass is 9.97. The van der Waals surface area contributed by atoms with Crippen molar-refractivity contribution in [2.45, 2.75) is 5.79 Å². The molecule has 0 bridgehead atoms. The van der Waals surface area contributed by atoms with Crippen LogP contribution in [0, 0.1) is 5.82 Å². The van der Waals surface area contributed by atoms with Crippen LogP contribution in [0.2, 0.25) is 15.1 Å². The van der Waals surface area contributed by atoms with Crippen molar-refractivity contribution in [2.75, 3.05) is 0 Å². The van der Waals surface area contributed by atoms with Crippen LogP contribution in [-0.4, -0.2) is 0 Å². The van der Waals surface area contributed by atoms with Gasteiger partial charge in [-0.3, -0.25) is 0 Å². The highest BCUT2D eigenvalue weighted by molar-refractivity contribution is 9.10. The van der Waals surface area contributed by atoms with E-state index >= 15 is 0 Å². The normalized spacial score (nSPS) is 18.2. The Labute approximate surface area is 172 Å². The van der Waals surface area contributed by atoms with Gasteiger partial charge in [-0.05, 0) is 58.4 Å². The monoisotopic (exact) mass is 472 g/mol. The van der Waals surface area contributed by atoms with E-state index in [9.17, 15) is 4.39 Å². The van der Waals surface area contributed by atoms with Crippen molar-refractivity contribution in [1.29, 1.82) is 0 Å². The lowest BCUT2D eigenvalue weighted by Gasteiger charge is -2.29. The van der Waals surface area contributed by atoms with E-state index in [0.29, 0.717) is 31.9 Å². The summed E-state index contributed by atoms with van der Waals surface area (Å²) in [6.07, 6.45) is 0. The molecule has 4 rings (SSSR count). The summed E-state index contributed by atoms with van der Waals surface area (Å²) in [5.41, 5.74) is 1.19. The van der Waals surface area contributed by atoms with Gasteiger partial charge in [0.15, 0.2) is 11.5 Å². The first-order valence-electron chi connectivity index (χ1n) is 7.48. The number of benzene rings is 3. The highest BCUT2D eigenvalue weighted by atomic mass is 79.9. The zero-order valence-corrected chi connectivity index (χ0v) is 16.8. The van der Waals surface area contributed by atoms with Crippen LogP contribution in [0.3, 0.4) is 0 Å². The summed E-state index contributed by atoms with van der Waals surface area (Å²) in [5.74, 6) is -1.19. The summed E-state index contributed by atoms with van der Waals surface area (Å²) < 4.78 is 26.5. The molecule has 1 aliphatic rings. The topological polar surface area (TPSA) is 18.5 Å². The van der Waals surface area contributed by atoms with Crippen LogP contribution >= 0.6 is 50.7 Å². The Morgan fingerprint density at radius 1 is 0.808 bits per heavy atom. The highest BCUT2D eigenvalue weighted by Gasteiger charge is 2.47. The van der Waals surface area contributed by atoms with Gasteiger partial charge in [-0.25, -0.2) is 4.39 Å². The molecule has 0 spiro atoms. The molecule has 1 heterocycles. The maximum Gasteiger partial charge on any atom is 0.307 e. The van der Waals surface area contributed by atoms with Gasteiger partial charge in [0, 0.05) is 27.7 Å². The Bertz CT molecular complexity index is 977. The average molecular weight is 475 g/mol. The molecule has 3 aromatic carbocycles. The van der Waals surface area contributed by atoms with Crippen molar-refractivity contribution in [3.8, 4) is 11.5 Å². The summed E-state index contributed by atoms with van der Waals surface area (Å²) in [6, 6.07) is 14.8. The maximum absolute atomic E-state index is 14.0. The average Bonchev–Trinajstić information content (AvgIpc) is 2.95. The van der Waals surface area contributed by atoms with Gasteiger partial charge in [-0.15, -0.1) is 0 Å². The third-order valence-electron chi connectivity index (χ3n) is 4.00. The molecule has 7 heteroatoms. The molecule has 1 atom stereocenters. The molecule has 0 aliphatic carbocycles. The fraction of sp³-hybridized carbons (Fsp3) is 0.0526. The van der Waals surface area contributed by atoms with Crippen LogP contribution in [-0.2, 0) is 5.79 Å². The van der Waals surface area contributed by atoms with E-state index in [0.717, 1.165) is 0 Å². The van der Waals surface area contributed by atoms with Crippen molar-refractivity contribution >= 4 is 50.7 Å². The lowest BCUT2D eigenvalue weighted by Crippen LogP contribution is -2.37. The Kier molecular flexibility index (Phi) is 4.56. The molecule has 132 valence electrons. The zero-order chi connectivity index (χ0) is 18.5. The van der Waals surface area contributed by atoms with E-state index in [2.05, 4.69) is 15.9 Å². The smallest absolute Gasteiger partial charge is 0.307 e. The third-order valence-corrected chi connectivity index (χ3v) is 5.41. The number of rotatable bonds is 2. The Morgan fingerprint density at radius 2 is 1.42 bits per heavy atom. The molecule has 0 N–H and O–H groups in total. The van der Waals surface area contributed by atoms with E-state index in [4.69, 9.17) is 44.3 Å². The Balaban J connectivity index is 1.93. The molecule has 2 nitrogen and oxygen atoms in total. The summed E-state index contributed by atoms with van der Waals surface area (Å²) in [5, 5.41) is 1.41. The Morgan fingerprint density at radius 3 is 2.08 bits per heavy atom. The quantitative estimate of drug-likeness (QED) is 0.390. The summed E-state index contributed by atoms with van der Waals surface area (Å²) >= 11 is 21.6. The van der Waals surface area contributed by atoms with Gasteiger partial charge in [-0.2, -0.15) is 0 Å². The number of hydrogen-bond donors (Lipinski definition) is 0. The standard InChI is InChI=1S/C19H9BrCl3FO2/c20-14-8-17-18(9-16(14)24)26-19(25-17,10-1-3-11(21)4-2-10)13-6-5-12(22)7-15(13)23/h1-9H. The third kappa shape index (κ3) is 2.95. The largest absolute Gasteiger partial charge is 0.440 e. The molecule has 0 aromatic heterocycles.